The Morgan fingerprint density at radius 3 is 2.71 bits per heavy atom. The minimum atomic E-state index is -1.58. The highest BCUT2D eigenvalue weighted by molar-refractivity contribution is 6.20. The van der Waals surface area contributed by atoms with Crippen LogP contribution in [0.2, 0.25) is 0 Å². The third-order valence-corrected chi connectivity index (χ3v) is 6.55. The van der Waals surface area contributed by atoms with E-state index < -0.39 is 23.8 Å². The van der Waals surface area contributed by atoms with Crippen molar-refractivity contribution < 1.29 is 9.18 Å². The van der Waals surface area contributed by atoms with Crippen LogP contribution in [0.25, 0.3) is 10.8 Å². The van der Waals surface area contributed by atoms with E-state index in [1.54, 1.807) is 42.3 Å². The number of hydrogen-bond donors (Lipinski definition) is 1. The molecule has 4 aromatic rings. The minimum Gasteiger partial charge on any atom is -0.342 e. The third-order valence-electron chi connectivity index (χ3n) is 6.36. The molecule has 1 aliphatic rings. The van der Waals surface area contributed by atoms with Gasteiger partial charge in [0.15, 0.2) is 12.1 Å². The molecule has 3 unspecified atom stereocenters. The highest BCUT2D eigenvalue weighted by atomic mass is 35.5. The first-order valence-corrected chi connectivity index (χ1v) is 11.9. The van der Waals surface area contributed by atoms with Crippen LogP contribution in [0.15, 0.2) is 60.8 Å². The van der Waals surface area contributed by atoms with Crippen LogP contribution in [0.3, 0.4) is 0 Å². The number of anilines is 1. The number of tetrazole rings is 1. The van der Waals surface area contributed by atoms with Gasteiger partial charge in [0, 0.05) is 23.7 Å². The maximum atomic E-state index is 16.4. The van der Waals surface area contributed by atoms with Crippen LogP contribution < -0.4 is 10.2 Å². The molecule has 35 heavy (non-hydrogen) atoms. The molecule has 3 heterocycles. The Morgan fingerprint density at radius 1 is 1.17 bits per heavy atom. The highest BCUT2D eigenvalue weighted by Gasteiger charge is 2.43. The van der Waals surface area contributed by atoms with Gasteiger partial charge in [-0.3, -0.25) is 4.79 Å². The maximum absolute atomic E-state index is 16.4. The van der Waals surface area contributed by atoms with Crippen molar-refractivity contribution in [2.24, 2.45) is 0 Å². The normalized spacial score (nSPS) is 21.1. The Hall–Kier alpha value is -3.59. The molecule has 2 aromatic heterocycles. The zero-order chi connectivity index (χ0) is 24.5. The second kappa shape index (κ2) is 9.58. The smallest absolute Gasteiger partial charge is 0.251 e. The summed E-state index contributed by atoms with van der Waals surface area (Å²) in [6.45, 7) is 4.08. The molecule has 1 aliphatic heterocycles. The maximum Gasteiger partial charge on any atom is 0.251 e. The second-order valence-corrected chi connectivity index (χ2v) is 9.33. The quantitative estimate of drug-likeness (QED) is 0.328. The highest BCUT2D eigenvalue weighted by Crippen LogP contribution is 2.35. The summed E-state index contributed by atoms with van der Waals surface area (Å²) in [7, 11) is 0. The van der Waals surface area contributed by atoms with Crippen LogP contribution in [0.4, 0.5) is 10.2 Å². The Labute approximate surface area is 207 Å². The van der Waals surface area contributed by atoms with Crippen molar-refractivity contribution in [3.63, 3.8) is 0 Å². The van der Waals surface area contributed by atoms with Gasteiger partial charge in [0.25, 0.3) is 5.91 Å². The number of piperidine rings is 1. The molecule has 180 valence electrons. The number of pyridine rings is 1. The molecule has 0 spiro atoms. The lowest BCUT2D eigenvalue weighted by molar-refractivity contribution is 0.0817. The minimum absolute atomic E-state index is 0.351. The van der Waals surface area contributed by atoms with Crippen LogP contribution in [0, 0.1) is 6.92 Å². The molecule has 1 N–H and O–H groups in total. The van der Waals surface area contributed by atoms with E-state index in [1.165, 1.54) is 4.80 Å². The van der Waals surface area contributed by atoms with E-state index >= 15 is 4.39 Å². The first kappa shape index (κ1) is 23.2. The fourth-order valence-corrected chi connectivity index (χ4v) is 4.65. The number of nitrogens with zero attached hydrogens (tertiary/aromatic N) is 6. The number of nitrogens with one attached hydrogen (secondary N) is 1. The fourth-order valence-electron chi connectivity index (χ4n) is 4.56. The lowest BCUT2D eigenvalue weighted by Crippen LogP contribution is -2.58. The average Bonchev–Trinajstić information content (AvgIpc) is 3.36. The summed E-state index contributed by atoms with van der Waals surface area (Å²) >= 11 is 6.12. The number of aromatic nitrogens is 5. The summed E-state index contributed by atoms with van der Waals surface area (Å²) in [4.78, 5) is 20.6. The van der Waals surface area contributed by atoms with Crippen LogP contribution in [-0.2, 0) is 0 Å². The van der Waals surface area contributed by atoms with Gasteiger partial charge in [0.05, 0.1) is 11.4 Å². The van der Waals surface area contributed by atoms with Crippen molar-refractivity contribution in [3.05, 3.63) is 77.7 Å². The van der Waals surface area contributed by atoms with Crippen molar-refractivity contribution >= 4 is 34.1 Å². The summed E-state index contributed by atoms with van der Waals surface area (Å²) in [6, 6.07) is 15.1. The van der Waals surface area contributed by atoms with Gasteiger partial charge in [-0.15, -0.1) is 21.8 Å². The van der Waals surface area contributed by atoms with Gasteiger partial charge in [0.1, 0.15) is 11.9 Å². The molecular weight excluding hydrogens is 469 g/mol. The van der Waals surface area contributed by atoms with Crippen LogP contribution in [0.5, 0.6) is 0 Å². The van der Waals surface area contributed by atoms with Gasteiger partial charge in [-0.1, -0.05) is 36.4 Å². The molecule has 1 saturated heterocycles. The lowest BCUT2D eigenvalue weighted by Gasteiger charge is -2.41. The van der Waals surface area contributed by atoms with Gasteiger partial charge in [-0.25, -0.2) is 9.37 Å². The van der Waals surface area contributed by atoms with Gasteiger partial charge < -0.3 is 10.2 Å². The molecule has 0 radical (unpaired) electrons. The SMILES string of the molecule is Cc1cccc2ccnc(N3CCC(n4nnc(C(C)Cl)n4)[C@@H](NC(=O)c4ccccc4)C3F)c12. The number of halogens is 2. The zero-order valence-electron chi connectivity index (χ0n) is 19.3. The molecule has 2 aromatic carbocycles. The first-order chi connectivity index (χ1) is 16.9. The molecule has 0 aliphatic carbocycles. The molecule has 8 nitrogen and oxygen atoms in total. The van der Waals surface area contributed by atoms with Crippen molar-refractivity contribution in [2.75, 3.05) is 11.4 Å². The first-order valence-electron chi connectivity index (χ1n) is 11.5. The van der Waals surface area contributed by atoms with E-state index in [-0.39, 0.29) is 5.91 Å². The number of hydrogen-bond acceptors (Lipinski definition) is 6. The third kappa shape index (κ3) is 4.43. The van der Waals surface area contributed by atoms with E-state index in [4.69, 9.17) is 11.6 Å². The summed E-state index contributed by atoms with van der Waals surface area (Å²) in [5, 5.41) is 16.8. The molecule has 5 rings (SSSR count). The number of rotatable bonds is 5. The Balaban J connectivity index is 1.53. The van der Waals surface area contributed by atoms with Crippen molar-refractivity contribution in [1.29, 1.82) is 0 Å². The zero-order valence-corrected chi connectivity index (χ0v) is 20.1. The fraction of sp³-hybridized carbons (Fsp3) is 0.320. The van der Waals surface area contributed by atoms with E-state index in [2.05, 4.69) is 25.7 Å². The number of alkyl halides is 2. The van der Waals surface area contributed by atoms with Gasteiger partial charge >= 0.3 is 0 Å². The summed E-state index contributed by atoms with van der Waals surface area (Å²) in [6.07, 6.45) is 0.568. The van der Waals surface area contributed by atoms with Gasteiger partial charge in [-0.05, 0) is 54.6 Å². The standard InChI is InChI=1S/C25H25ClFN7O/c1-15-7-6-10-17-11-13-28-24(20(15)17)33-14-12-19(34-31-23(16(2)26)30-32-34)21(22(33)27)29-25(35)18-8-4-3-5-9-18/h3-11,13,16,19,21-22H,12,14H2,1-2H3,(H,29,35)/t16?,19?,21-,22?/m1/s1. The largest absolute Gasteiger partial charge is 0.342 e. The Bertz CT molecular complexity index is 1340. The Kier molecular flexibility index (Phi) is 6.34. The van der Waals surface area contributed by atoms with Crippen molar-refractivity contribution in [2.45, 2.75) is 44.0 Å². The summed E-state index contributed by atoms with van der Waals surface area (Å²) in [5.74, 6) is 0.523. The predicted molar refractivity (Wildman–Crippen MR) is 132 cm³/mol. The molecule has 1 amide bonds. The topological polar surface area (TPSA) is 88.8 Å². The van der Waals surface area contributed by atoms with Crippen molar-refractivity contribution in [1.82, 2.24) is 30.5 Å². The second-order valence-electron chi connectivity index (χ2n) is 8.68. The van der Waals surface area contributed by atoms with Gasteiger partial charge in [-0.2, -0.15) is 4.80 Å². The summed E-state index contributed by atoms with van der Waals surface area (Å²) < 4.78 is 16.4. The number of fused-ring (bicyclic) bond motifs is 1. The molecule has 0 saturated carbocycles. The van der Waals surface area contributed by atoms with Crippen LogP contribution in [0.1, 0.15) is 46.5 Å². The number of amides is 1. The number of aryl methyl sites for hydroxylation is 1. The van der Waals surface area contributed by atoms with E-state index in [1.807, 2.05) is 37.3 Å². The van der Waals surface area contributed by atoms with Crippen LogP contribution in [-0.4, -0.2) is 50.0 Å². The molecule has 4 atom stereocenters. The van der Waals surface area contributed by atoms with Crippen molar-refractivity contribution in [3.8, 4) is 0 Å². The van der Waals surface area contributed by atoms with E-state index in [9.17, 15) is 4.79 Å². The summed E-state index contributed by atoms with van der Waals surface area (Å²) in [5.41, 5.74) is 1.44. The van der Waals surface area contributed by atoms with Crippen LogP contribution >= 0.6 is 11.6 Å². The van der Waals surface area contributed by atoms with Gasteiger partial charge in [0.2, 0.25) is 0 Å². The molecule has 10 heteroatoms. The molecule has 1 fully saturated rings. The lowest BCUT2D eigenvalue weighted by atomic mass is 9.96. The average molecular weight is 494 g/mol. The van der Waals surface area contributed by atoms with E-state index in [0.29, 0.717) is 30.2 Å². The molecule has 0 bridgehead atoms. The number of carbonyl (C=O) groups is 1. The van der Waals surface area contributed by atoms with E-state index in [0.717, 1.165) is 16.3 Å². The Morgan fingerprint density at radius 2 is 1.97 bits per heavy atom. The monoisotopic (exact) mass is 493 g/mol. The predicted octanol–water partition coefficient (Wildman–Crippen LogP) is 4.38. The number of benzene rings is 2. The molecular formula is C25H25ClFN7O. The number of carbonyl (C=O) groups excluding carboxylic acids is 1.